The summed E-state index contributed by atoms with van der Waals surface area (Å²) in [6.07, 6.45) is 4.71. The average molecular weight is 437 g/mol. The molecule has 1 amide bonds. The molecule has 0 spiro atoms. The summed E-state index contributed by atoms with van der Waals surface area (Å²) in [5.41, 5.74) is 2.05. The van der Waals surface area contributed by atoms with Crippen molar-refractivity contribution in [3.05, 3.63) is 89.7 Å². The highest BCUT2D eigenvalue weighted by atomic mass is 32.2. The summed E-state index contributed by atoms with van der Waals surface area (Å²) in [6, 6.07) is 16.0. The Morgan fingerprint density at radius 3 is 2.39 bits per heavy atom. The molecule has 6 nitrogen and oxygen atoms in total. The van der Waals surface area contributed by atoms with Crippen LogP contribution in [0, 0.1) is 0 Å². The Morgan fingerprint density at radius 1 is 0.935 bits per heavy atom. The van der Waals surface area contributed by atoms with Crippen molar-refractivity contribution < 1.29 is 18.0 Å². The second-order valence-corrected chi connectivity index (χ2v) is 9.06. The highest BCUT2D eigenvalue weighted by molar-refractivity contribution is 7.91. The van der Waals surface area contributed by atoms with E-state index in [1.54, 1.807) is 43.6 Å². The number of carbonyl (C=O) groups is 2. The summed E-state index contributed by atoms with van der Waals surface area (Å²) in [7, 11) is -3.77. The smallest absolute Gasteiger partial charge is 0.251 e. The van der Waals surface area contributed by atoms with E-state index in [9.17, 15) is 18.0 Å². The van der Waals surface area contributed by atoms with Gasteiger partial charge in [-0.25, -0.2) is 8.42 Å². The van der Waals surface area contributed by atoms with Crippen molar-refractivity contribution in [2.75, 3.05) is 6.54 Å². The van der Waals surface area contributed by atoms with E-state index >= 15 is 0 Å². The van der Waals surface area contributed by atoms with E-state index in [1.165, 1.54) is 24.3 Å². The molecule has 7 heteroatoms. The van der Waals surface area contributed by atoms with Crippen molar-refractivity contribution in [2.24, 2.45) is 0 Å². The summed E-state index contributed by atoms with van der Waals surface area (Å²) >= 11 is 0. The van der Waals surface area contributed by atoms with Crippen molar-refractivity contribution in [3.63, 3.8) is 0 Å². The fourth-order valence-corrected chi connectivity index (χ4v) is 4.44. The fourth-order valence-electron chi connectivity index (χ4n) is 3.14. The van der Waals surface area contributed by atoms with Gasteiger partial charge >= 0.3 is 0 Å². The summed E-state index contributed by atoms with van der Waals surface area (Å²) in [5, 5.41) is 2.66. The number of nitrogens with one attached hydrogen (secondary N) is 1. The van der Waals surface area contributed by atoms with Crippen LogP contribution < -0.4 is 5.32 Å². The summed E-state index contributed by atoms with van der Waals surface area (Å²) in [6.45, 7) is 2.25. The molecule has 0 atom stereocenters. The SMILES string of the molecule is CCNC(=O)c1cccc(S(=O)(=O)c2ccc(CC(=O)CCc3cccnc3)cc2)c1. The third-order valence-corrected chi connectivity index (χ3v) is 6.56. The largest absolute Gasteiger partial charge is 0.352 e. The quantitative estimate of drug-likeness (QED) is 0.555. The van der Waals surface area contributed by atoms with Crippen LogP contribution in [0.3, 0.4) is 0 Å². The van der Waals surface area contributed by atoms with Gasteiger partial charge in [-0.1, -0.05) is 24.3 Å². The lowest BCUT2D eigenvalue weighted by Crippen LogP contribution is -2.22. The number of carbonyl (C=O) groups excluding carboxylic acids is 2. The number of amides is 1. The molecule has 0 aliphatic heterocycles. The molecular weight excluding hydrogens is 412 g/mol. The average Bonchev–Trinajstić information content (AvgIpc) is 2.79. The number of Topliss-reactive ketones (excluding diaryl/α,β-unsaturated/α-hetero) is 1. The van der Waals surface area contributed by atoms with Crippen molar-refractivity contribution in [3.8, 4) is 0 Å². The normalized spacial score (nSPS) is 11.1. The van der Waals surface area contributed by atoms with Crippen molar-refractivity contribution in [1.82, 2.24) is 10.3 Å². The topological polar surface area (TPSA) is 93.2 Å². The van der Waals surface area contributed by atoms with Gasteiger partial charge in [-0.15, -0.1) is 0 Å². The molecule has 0 saturated heterocycles. The van der Waals surface area contributed by atoms with Gasteiger partial charge in [-0.05, 0) is 60.9 Å². The summed E-state index contributed by atoms with van der Waals surface area (Å²) in [4.78, 5) is 28.5. The first-order valence-electron chi connectivity index (χ1n) is 10.0. The van der Waals surface area contributed by atoms with Crippen LogP contribution in [0.25, 0.3) is 0 Å². The predicted molar refractivity (Wildman–Crippen MR) is 118 cm³/mol. The highest BCUT2D eigenvalue weighted by Crippen LogP contribution is 2.22. The number of benzene rings is 2. The Morgan fingerprint density at radius 2 is 1.71 bits per heavy atom. The van der Waals surface area contributed by atoms with Gasteiger partial charge in [0.25, 0.3) is 5.91 Å². The molecule has 3 aromatic rings. The van der Waals surface area contributed by atoms with Gasteiger partial charge in [-0.3, -0.25) is 14.6 Å². The minimum atomic E-state index is -3.77. The van der Waals surface area contributed by atoms with Gasteiger partial charge in [0.2, 0.25) is 9.84 Å². The molecule has 0 aliphatic rings. The second-order valence-electron chi connectivity index (χ2n) is 7.11. The van der Waals surface area contributed by atoms with Crippen LogP contribution in [0.15, 0.2) is 82.8 Å². The molecular formula is C24H24N2O4S. The monoisotopic (exact) mass is 436 g/mol. The van der Waals surface area contributed by atoms with E-state index in [2.05, 4.69) is 10.3 Å². The molecule has 0 bridgehead atoms. The van der Waals surface area contributed by atoms with Gasteiger partial charge in [0.15, 0.2) is 0 Å². The number of pyridine rings is 1. The molecule has 1 N–H and O–H groups in total. The zero-order valence-corrected chi connectivity index (χ0v) is 18.1. The van der Waals surface area contributed by atoms with Gasteiger partial charge in [-0.2, -0.15) is 0 Å². The van der Waals surface area contributed by atoms with Crippen LogP contribution in [-0.2, 0) is 27.5 Å². The second kappa shape index (κ2) is 10.1. The minimum Gasteiger partial charge on any atom is -0.352 e. The van der Waals surface area contributed by atoms with E-state index in [4.69, 9.17) is 0 Å². The Bertz CT molecular complexity index is 1160. The Hall–Kier alpha value is -3.32. The van der Waals surface area contributed by atoms with Crippen LogP contribution in [0.5, 0.6) is 0 Å². The number of aromatic nitrogens is 1. The standard InChI is InChI=1S/C24H24N2O4S/c1-2-26-24(28)20-6-3-7-23(16-20)31(29,30)22-12-9-18(10-13-22)15-21(27)11-8-19-5-4-14-25-17-19/h3-7,9-10,12-14,16-17H,2,8,11,15H2,1H3,(H,26,28). The fraction of sp³-hybridized carbons (Fsp3) is 0.208. The maximum absolute atomic E-state index is 13.0. The van der Waals surface area contributed by atoms with Crippen molar-refractivity contribution >= 4 is 21.5 Å². The molecule has 0 saturated carbocycles. The maximum atomic E-state index is 13.0. The summed E-state index contributed by atoms with van der Waals surface area (Å²) in [5.74, 6) is -0.242. The molecule has 1 heterocycles. The predicted octanol–water partition coefficient (Wildman–Crippen LogP) is 3.41. The molecule has 160 valence electrons. The van der Waals surface area contributed by atoms with Crippen molar-refractivity contribution in [2.45, 2.75) is 36.0 Å². The van der Waals surface area contributed by atoms with E-state index < -0.39 is 9.84 Å². The lowest BCUT2D eigenvalue weighted by molar-refractivity contribution is -0.118. The van der Waals surface area contributed by atoms with E-state index in [0.29, 0.717) is 24.9 Å². The number of hydrogen-bond donors (Lipinski definition) is 1. The first-order chi connectivity index (χ1) is 14.9. The number of ketones is 1. The Balaban J connectivity index is 1.68. The Labute approximate surface area is 182 Å². The van der Waals surface area contributed by atoms with Gasteiger partial charge in [0, 0.05) is 37.3 Å². The molecule has 0 unspecified atom stereocenters. The lowest BCUT2D eigenvalue weighted by atomic mass is 10.0. The number of sulfone groups is 1. The number of rotatable bonds is 9. The van der Waals surface area contributed by atoms with Crippen LogP contribution in [-0.4, -0.2) is 31.6 Å². The molecule has 2 aromatic carbocycles. The number of nitrogens with zero attached hydrogens (tertiary/aromatic N) is 1. The first kappa shape index (κ1) is 22.4. The third-order valence-electron chi connectivity index (χ3n) is 4.79. The number of aryl methyl sites for hydroxylation is 1. The van der Waals surface area contributed by atoms with Crippen LogP contribution in [0.4, 0.5) is 0 Å². The van der Waals surface area contributed by atoms with E-state index in [-0.39, 0.29) is 27.9 Å². The first-order valence-corrected chi connectivity index (χ1v) is 11.5. The highest BCUT2D eigenvalue weighted by Gasteiger charge is 2.19. The molecule has 0 aliphatic carbocycles. The number of hydrogen-bond acceptors (Lipinski definition) is 5. The van der Waals surface area contributed by atoms with E-state index in [1.807, 2.05) is 12.1 Å². The molecule has 31 heavy (non-hydrogen) atoms. The van der Waals surface area contributed by atoms with Gasteiger partial charge in [0.05, 0.1) is 9.79 Å². The molecule has 0 radical (unpaired) electrons. The lowest BCUT2D eigenvalue weighted by Gasteiger charge is -2.08. The van der Waals surface area contributed by atoms with E-state index in [0.717, 1.165) is 11.1 Å². The zero-order chi connectivity index (χ0) is 22.3. The van der Waals surface area contributed by atoms with Crippen LogP contribution in [0.1, 0.15) is 34.8 Å². The van der Waals surface area contributed by atoms with Gasteiger partial charge in [0.1, 0.15) is 5.78 Å². The van der Waals surface area contributed by atoms with Crippen LogP contribution >= 0.6 is 0 Å². The molecule has 0 fully saturated rings. The molecule has 1 aromatic heterocycles. The minimum absolute atomic E-state index is 0.0524. The zero-order valence-electron chi connectivity index (χ0n) is 17.2. The summed E-state index contributed by atoms with van der Waals surface area (Å²) < 4.78 is 25.9. The Kier molecular flexibility index (Phi) is 7.31. The third kappa shape index (κ3) is 5.86. The maximum Gasteiger partial charge on any atom is 0.251 e. The van der Waals surface area contributed by atoms with Gasteiger partial charge < -0.3 is 5.32 Å². The van der Waals surface area contributed by atoms with Crippen molar-refractivity contribution in [1.29, 1.82) is 0 Å². The molecule has 3 rings (SSSR count). The van der Waals surface area contributed by atoms with Crippen LogP contribution in [0.2, 0.25) is 0 Å².